The molecule has 2 aliphatic heterocycles. The van der Waals surface area contributed by atoms with E-state index in [4.69, 9.17) is 0 Å². The summed E-state index contributed by atoms with van der Waals surface area (Å²) in [6, 6.07) is 11.2. The minimum absolute atomic E-state index is 0.308. The summed E-state index contributed by atoms with van der Waals surface area (Å²) in [4.78, 5) is 77.2. The Morgan fingerprint density at radius 3 is 1.16 bits per heavy atom. The molecule has 0 saturated heterocycles. The lowest BCUT2D eigenvalue weighted by molar-refractivity contribution is -0.125. The Balaban J connectivity index is 1.11. The van der Waals surface area contributed by atoms with E-state index in [0.717, 1.165) is 22.6 Å². The van der Waals surface area contributed by atoms with Crippen molar-refractivity contribution < 1.29 is 28.8 Å². The molecule has 4 rings (SSSR count). The van der Waals surface area contributed by atoms with Gasteiger partial charge < -0.3 is 10.6 Å². The number of amides is 6. The summed E-state index contributed by atoms with van der Waals surface area (Å²) in [5.74, 6) is -2.65. The Labute approximate surface area is 220 Å². The van der Waals surface area contributed by atoms with Crippen LogP contribution in [0, 0.1) is 0 Å². The molecule has 10 heteroatoms. The Kier molecular flexibility index (Phi) is 7.99. The SMILES string of the molecule is C[C@H](C(=O)NCCCCCCNC(=O)[C@@H](C)N1C(=O)c2ccccc2C1=O)N1C(=O)c2ccccc2C1=O. The molecule has 6 amide bonds. The molecule has 0 spiro atoms. The topological polar surface area (TPSA) is 133 Å². The zero-order chi connectivity index (χ0) is 27.4. The van der Waals surface area contributed by atoms with Crippen LogP contribution in [-0.4, -0.2) is 70.4 Å². The van der Waals surface area contributed by atoms with Gasteiger partial charge in [0.05, 0.1) is 22.3 Å². The first-order chi connectivity index (χ1) is 18.2. The lowest BCUT2D eigenvalue weighted by atomic mass is 10.1. The summed E-state index contributed by atoms with van der Waals surface area (Å²) in [6.45, 7) is 3.86. The molecule has 0 aromatic heterocycles. The Morgan fingerprint density at radius 2 is 0.868 bits per heavy atom. The molecule has 2 aliphatic rings. The van der Waals surface area contributed by atoms with Gasteiger partial charge >= 0.3 is 0 Å². The summed E-state index contributed by atoms with van der Waals surface area (Å²) in [7, 11) is 0. The average Bonchev–Trinajstić information content (AvgIpc) is 3.33. The minimum atomic E-state index is -0.915. The molecule has 10 nitrogen and oxygen atoms in total. The monoisotopic (exact) mass is 518 g/mol. The van der Waals surface area contributed by atoms with E-state index in [-0.39, 0.29) is 0 Å². The van der Waals surface area contributed by atoms with E-state index in [2.05, 4.69) is 10.6 Å². The second-order valence-electron chi connectivity index (χ2n) is 9.40. The first-order valence-electron chi connectivity index (χ1n) is 12.7. The van der Waals surface area contributed by atoms with Crippen molar-refractivity contribution in [3.05, 3.63) is 70.8 Å². The van der Waals surface area contributed by atoms with Crippen LogP contribution in [0.2, 0.25) is 0 Å². The minimum Gasteiger partial charge on any atom is -0.354 e. The molecular weight excluding hydrogens is 488 g/mol. The van der Waals surface area contributed by atoms with Gasteiger partial charge in [-0.05, 0) is 51.0 Å². The molecule has 0 saturated carbocycles. The molecule has 0 fully saturated rings. The van der Waals surface area contributed by atoms with Crippen LogP contribution in [0.15, 0.2) is 48.5 Å². The fourth-order valence-corrected chi connectivity index (χ4v) is 4.68. The van der Waals surface area contributed by atoms with Crippen molar-refractivity contribution in [1.82, 2.24) is 20.4 Å². The van der Waals surface area contributed by atoms with Crippen molar-refractivity contribution in [3.63, 3.8) is 0 Å². The average molecular weight is 519 g/mol. The number of imide groups is 2. The number of rotatable bonds is 11. The van der Waals surface area contributed by atoms with Crippen molar-refractivity contribution in [1.29, 1.82) is 0 Å². The summed E-state index contributed by atoms with van der Waals surface area (Å²) < 4.78 is 0. The van der Waals surface area contributed by atoms with E-state index in [0.29, 0.717) is 48.2 Å². The van der Waals surface area contributed by atoms with E-state index in [1.54, 1.807) is 48.5 Å². The van der Waals surface area contributed by atoms with Crippen molar-refractivity contribution in [2.24, 2.45) is 0 Å². The van der Waals surface area contributed by atoms with E-state index in [1.807, 2.05) is 0 Å². The van der Waals surface area contributed by atoms with Crippen LogP contribution in [0.3, 0.4) is 0 Å². The molecule has 38 heavy (non-hydrogen) atoms. The van der Waals surface area contributed by atoms with Gasteiger partial charge in [0.15, 0.2) is 0 Å². The molecule has 0 radical (unpaired) electrons. The van der Waals surface area contributed by atoms with E-state index >= 15 is 0 Å². The number of unbranched alkanes of at least 4 members (excludes halogenated alkanes) is 3. The fraction of sp³-hybridized carbons (Fsp3) is 0.357. The van der Waals surface area contributed by atoms with Gasteiger partial charge in [0.2, 0.25) is 11.8 Å². The molecule has 0 bridgehead atoms. The van der Waals surface area contributed by atoms with Crippen LogP contribution in [0.5, 0.6) is 0 Å². The first-order valence-corrected chi connectivity index (χ1v) is 12.7. The highest BCUT2D eigenvalue weighted by Crippen LogP contribution is 2.25. The summed E-state index contributed by atoms with van der Waals surface area (Å²) >= 11 is 0. The number of benzene rings is 2. The molecule has 198 valence electrons. The van der Waals surface area contributed by atoms with E-state index < -0.39 is 47.5 Å². The molecule has 2 atom stereocenters. The molecule has 2 N–H and O–H groups in total. The van der Waals surface area contributed by atoms with Gasteiger partial charge in [-0.2, -0.15) is 0 Å². The predicted molar refractivity (Wildman–Crippen MR) is 137 cm³/mol. The fourth-order valence-electron chi connectivity index (χ4n) is 4.68. The summed E-state index contributed by atoms with van der Waals surface area (Å²) in [5, 5.41) is 5.55. The lowest BCUT2D eigenvalue weighted by Gasteiger charge is -2.22. The predicted octanol–water partition coefficient (Wildman–Crippen LogP) is 2.15. The van der Waals surface area contributed by atoms with Crippen molar-refractivity contribution in [2.45, 2.75) is 51.6 Å². The maximum atomic E-state index is 12.5. The van der Waals surface area contributed by atoms with Gasteiger partial charge in [-0.1, -0.05) is 37.1 Å². The largest absolute Gasteiger partial charge is 0.354 e. The highest BCUT2D eigenvalue weighted by Gasteiger charge is 2.41. The maximum Gasteiger partial charge on any atom is 0.262 e. The van der Waals surface area contributed by atoms with Gasteiger partial charge in [0.25, 0.3) is 23.6 Å². The summed E-state index contributed by atoms with van der Waals surface area (Å²) in [6.07, 6.45) is 2.98. The van der Waals surface area contributed by atoms with Crippen LogP contribution in [-0.2, 0) is 9.59 Å². The number of carbonyl (C=O) groups excluding carboxylic acids is 6. The maximum absolute atomic E-state index is 12.5. The standard InChI is InChI=1S/C28H30N4O6/c1-17(31-25(35)19-11-5-6-12-20(19)26(31)36)23(33)29-15-9-3-4-10-16-30-24(34)18(2)32-27(37)21-13-7-8-14-22(21)28(32)38/h5-8,11-14,17-18H,3-4,9-10,15-16H2,1-2H3,(H,29,33)(H,30,34)/t17-,18-/m1/s1. The van der Waals surface area contributed by atoms with Crippen LogP contribution in [0.25, 0.3) is 0 Å². The molecule has 2 heterocycles. The number of fused-ring (bicyclic) bond motifs is 2. The molecular formula is C28H30N4O6. The Bertz CT molecular complexity index is 1140. The van der Waals surface area contributed by atoms with Gasteiger partial charge in [-0.3, -0.25) is 38.6 Å². The van der Waals surface area contributed by atoms with Crippen molar-refractivity contribution in [2.75, 3.05) is 13.1 Å². The van der Waals surface area contributed by atoms with Crippen LogP contribution >= 0.6 is 0 Å². The zero-order valence-corrected chi connectivity index (χ0v) is 21.4. The molecule has 0 aliphatic carbocycles. The zero-order valence-electron chi connectivity index (χ0n) is 21.4. The smallest absolute Gasteiger partial charge is 0.262 e. The third kappa shape index (κ3) is 5.06. The number of hydrogen-bond donors (Lipinski definition) is 2. The third-order valence-corrected chi connectivity index (χ3v) is 6.89. The third-order valence-electron chi connectivity index (χ3n) is 6.89. The van der Waals surface area contributed by atoms with Crippen molar-refractivity contribution >= 4 is 35.4 Å². The van der Waals surface area contributed by atoms with Crippen LogP contribution in [0.4, 0.5) is 0 Å². The molecule has 2 aromatic carbocycles. The number of nitrogens with one attached hydrogen (secondary N) is 2. The Morgan fingerprint density at radius 1 is 0.579 bits per heavy atom. The lowest BCUT2D eigenvalue weighted by Crippen LogP contribution is -2.48. The quantitative estimate of drug-likeness (QED) is 0.346. The molecule has 2 aromatic rings. The van der Waals surface area contributed by atoms with E-state index in [1.165, 1.54) is 13.8 Å². The number of carbonyl (C=O) groups is 6. The van der Waals surface area contributed by atoms with E-state index in [9.17, 15) is 28.8 Å². The number of hydrogen-bond acceptors (Lipinski definition) is 6. The van der Waals surface area contributed by atoms with Gasteiger partial charge in [0.1, 0.15) is 12.1 Å². The van der Waals surface area contributed by atoms with Crippen molar-refractivity contribution in [3.8, 4) is 0 Å². The summed E-state index contributed by atoms with van der Waals surface area (Å²) in [5.41, 5.74) is 1.23. The van der Waals surface area contributed by atoms with Crippen LogP contribution < -0.4 is 10.6 Å². The van der Waals surface area contributed by atoms with Crippen LogP contribution in [0.1, 0.15) is 81.0 Å². The second kappa shape index (κ2) is 11.4. The highest BCUT2D eigenvalue weighted by atomic mass is 16.2. The second-order valence-corrected chi connectivity index (χ2v) is 9.40. The van der Waals surface area contributed by atoms with Gasteiger partial charge in [0, 0.05) is 13.1 Å². The normalized spacial score (nSPS) is 15.8. The number of nitrogens with zero attached hydrogens (tertiary/aromatic N) is 2. The van der Waals surface area contributed by atoms with Gasteiger partial charge in [-0.15, -0.1) is 0 Å². The Hall–Kier alpha value is -4.34. The van der Waals surface area contributed by atoms with Gasteiger partial charge in [-0.25, -0.2) is 0 Å². The highest BCUT2D eigenvalue weighted by molar-refractivity contribution is 6.23. The molecule has 0 unspecified atom stereocenters. The first kappa shape index (κ1) is 26.7.